The van der Waals surface area contributed by atoms with Gasteiger partial charge in [0.05, 0.1) is 31.5 Å². The molecule has 0 radical (unpaired) electrons. The Balaban J connectivity index is 1.77. The molecular formula is C17H23ClN2O3. The van der Waals surface area contributed by atoms with E-state index in [4.69, 9.17) is 21.1 Å². The lowest BCUT2D eigenvalue weighted by atomic mass is 9.90. The van der Waals surface area contributed by atoms with E-state index in [9.17, 15) is 4.79 Å². The topological polar surface area (TPSA) is 50.8 Å². The van der Waals surface area contributed by atoms with Gasteiger partial charge in [-0.05, 0) is 31.4 Å². The summed E-state index contributed by atoms with van der Waals surface area (Å²) in [5.74, 6) is 0.572. The van der Waals surface area contributed by atoms with Gasteiger partial charge >= 0.3 is 6.03 Å². The molecule has 1 N–H and O–H groups in total. The molecule has 6 heteroatoms. The highest BCUT2D eigenvalue weighted by Crippen LogP contribution is 2.33. The van der Waals surface area contributed by atoms with E-state index < -0.39 is 0 Å². The maximum Gasteiger partial charge on any atom is 0.322 e. The molecule has 2 fully saturated rings. The number of aryl methyl sites for hydroxylation is 1. The van der Waals surface area contributed by atoms with E-state index in [0.717, 1.165) is 24.8 Å². The van der Waals surface area contributed by atoms with Crippen molar-refractivity contribution in [3.63, 3.8) is 0 Å². The molecule has 2 unspecified atom stereocenters. The molecule has 1 aliphatic heterocycles. The minimum atomic E-state index is -0.0924. The number of carbonyl (C=O) groups is 1. The van der Waals surface area contributed by atoms with Gasteiger partial charge in [0.15, 0.2) is 0 Å². The molecule has 0 bridgehead atoms. The molecule has 0 aromatic heterocycles. The number of halogens is 1. The highest BCUT2D eigenvalue weighted by Gasteiger charge is 2.36. The quantitative estimate of drug-likeness (QED) is 0.891. The molecule has 2 amide bonds. The van der Waals surface area contributed by atoms with Crippen LogP contribution in [0.4, 0.5) is 10.5 Å². The average Bonchev–Trinajstić information content (AvgIpc) is 2.57. The predicted octanol–water partition coefficient (Wildman–Crippen LogP) is 3.83. The van der Waals surface area contributed by atoms with Crippen molar-refractivity contribution >= 4 is 23.3 Å². The summed E-state index contributed by atoms with van der Waals surface area (Å²) < 4.78 is 11.2. The van der Waals surface area contributed by atoms with Crippen molar-refractivity contribution in [1.82, 2.24) is 4.90 Å². The van der Waals surface area contributed by atoms with E-state index in [0.29, 0.717) is 29.6 Å². The number of fused-ring (bicyclic) bond motifs is 1. The van der Waals surface area contributed by atoms with Gasteiger partial charge in [0.2, 0.25) is 0 Å². The summed E-state index contributed by atoms with van der Waals surface area (Å²) in [6.07, 6.45) is 4.56. The van der Waals surface area contributed by atoms with Crippen LogP contribution >= 0.6 is 11.6 Å². The van der Waals surface area contributed by atoms with Crippen LogP contribution in [0.5, 0.6) is 5.75 Å². The minimum Gasteiger partial charge on any atom is -0.495 e. The molecule has 23 heavy (non-hydrogen) atoms. The van der Waals surface area contributed by atoms with Crippen molar-refractivity contribution in [3.8, 4) is 5.75 Å². The number of benzene rings is 1. The van der Waals surface area contributed by atoms with Gasteiger partial charge in [0, 0.05) is 17.6 Å². The highest BCUT2D eigenvalue weighted by molar-refractivity contribution is 6.31. The number of anilines is 1. The SMILES string of the molecule is COc1cc(Cl)c(C)cc1NC(=O)N1CCOC2CCCCC21. The van der Waals surface area contributed by atoms with Crippen LogP contribution in [0.2, 0.25) is 5.02 Å². The van der Waals surface area contributed by atoms with E-state index in [1.807, 2.05) is 17.9 Å². The lowest BCUT2D eigenvalue weighted by Gasteiger charge is -2.43. The molecule has 1 aliphatic carbocycles. The highest BCUT2D eigenvalue weighted by atomic mass is 35.5. The zero-order valence-electron chi connectivity index (χ0n) is 13.6. The number of ether oxygens (including phenoxy) is 2. The summed E-state index contributed by atoms with van der Waals surface area (Å²) in [4.78, 5) is 14.7. The van der Waals surface area contributed by atoms with Crippen LogP contribution in [-0.4, -0.2) is 43.3 Å². The Bertz CT molecular complexity index is 591. The van der Waals surface area contributed by atoms with Crippen LogP contribution < -0.4 is 10.1 Å². The number of hydrogen-bond donors (Lipinski definition) is 1. The first-order valence-corrected chi connectivity index (χ1v) is 8.51. The van der Waals surface area contributed by atoms with E-state index in [2.05, 4.69) is 5.32 Å². The van der Waals surface area contributed by atoms with Gasteiger partial charge in [-0.25, -0.2) is 4.79 Å². The van der Waals surface area contributed by atoms with Gasteiger partial charge < -0.3 is 19.7 Å². The molecule has 1 saturated heterocycles. The molecule has 1 aromatic carbocycles. The first-order valence-electron chi connectivity index (χ1n) is 8.13. The number of methoxy groups -OCH3 is 1. The van der Waals surface area contributed by atoms with Crippen LogP contribution in [0.15, 0.2) is 12.1 Å². The fraction of sp³-hybridized carbons (Fsp3) is 0.588. The molecule has 5 nitrogen and oxygen atoms in total. The molecule has 2 aliphatic rings. The smallest absolute Gasteiger partial charge is 0.322 e. The molecular weight excluding hydrogens is 316 g/mol. The lowest BCUT2D eigenvalue weighted by Crippen LogP contribution is -2.56. The number of rotatable bonds is 2. The normalized spacial score (nSPS) is 24.0. The summed E-state index contributed by atoms with van der Waals surface area (Å²) in [5.41, 5.74) is 1.55. The van der Waals surface area contributed by atoms with Crippen molar-refractivity contribution < 1.29 is 14.3 Å². The first kappa shape index (κ1) is 16.4. The van der Waals surface area contributed by atoms with Crippen LogP contribution in [-0.2, 0) is 4.74 Å². The fourth-order valence-electron chi connectivity index (χ4n) is 3.47. The Labute approximate surface area is 141 Å². The second-order valence-corrected chi connectivity index (χ2v) is 6.59. The van der Waals surface area contributed by atoms with Gasteiger partial charge in [0.1, 0.15) is 5.75 Å². The van der Waals surface area contributed by atoms with Crippen LogP contribution in [0, 0.1) is 6.92 Å². The fourth-order valence-corrected chi connectivity index (χ4v) is 3.62. The molecule has 1 saturated carbocycles. The maximum atomic E-state index is 12.8. The zero-order valence-corrected chi connectivity index (χ0v) is 14.4. The van der Waals surface area contributed by atoms with Gasteiger partial charge in [0.25, 0.3) is 0 Å². The molecule has 2 atom stereocenters. The van der Waals surface area contributed by atoms with Crippen LogP contribution in [0.25, 0.3) is 0 Å². The third-order valence-electron chi connectivity index (χ3n) is 4.72. The Morgan fingerprint density at radius 2 is 2.17 bits per heavy atom. The Kier molecular flexibility index (Phi) is 4.97. The number of nitrogens with zero attached hydrogens (tertiary/aromatic N) is 1. The van der Waals surface area contributed by atoms with Gasteiger partial charge in [-0.1, -0.05) is 24.4 Å². The molecule has 3 rings (SSSR count). The van der Waals surface area contributed by atoms with Crippen LogP contribution in [0.3, 0.4) is 0 Å². The van der Waals surface area contributed by atoms with Crippen molar-refractivity contribution in [2.45, 2.75) is 44.8 Å². The van der Waals surface area contributed by atoms with E-state index in [-0.39, 0.29) is 18.2 Å². The maximum absolute atomic E-state index is 12.8. The van der Waals surface area contributed by atoms with Crippen molar-refractivity contribution in [2.24, 2.45) is 0 Å². The summed E-state index contributed by atoms with van der Waals surface area (Å²) in [5, 5.41) is 3.60. The summed E-state index contributed by atoms with van der Waals surface area (Å²) in [7, 11) is 1.57. The summed E-state index contributed by atoms with van der Waals surface area (Å²) in [6, 6.07) is 3.66. The Hall–Kier alpha value is -1.46. The molecule has 0 spiro atoms. The second kappa shape index (κ2) is 6.97. The lowest BCUT2D eigenvalue weighted by molar-refractivity contribution is -0.0694. The number of carbonyl (C=O) groups excluding carboxylic acids is 1. The number of nitrogens with one attached hydrogen (secondary N) is 1. The molecule has 126 valence electrons. The number of amides is 2. The summed E-state index contributed by atoms with van der Waals surface area (Å²) >= 11 is 6.12. The molecule has 1 aromatic rings. The van der Waals surface area contributed by atoms with Gasteiger partial charge in [-0.2, -0.15) is 0 Å². The average molecular weight is 339 g/mol. The Morgan fingerprint density at radius 3 is 2.96 bits per heavy atom. The van der Waals surface area contributed by atoms with Crippen molar-refractivity contribution in [1.29, 1.82) is 0 Å². The van der Waals surface area contributed by atoms with Gasteiger partial charge in [-0.15, -0.1) is 0 Å². The third-order valence-corrected chi connectivity index (χ3v) is 5.12. The van der Waals surface area contributed by atoms with Gasteiger partial charge in [-0.3, -0.25) is 0 Å². The standard InChI is InChI=1S/C17H23ClN2O3/c1-11-9-13(16(22-2)10-12(11)18)19-17(21)20-7-8-23-15-6-4-3-5-14(15)20/h9-10,14-15H,3-8H2,1-2H3,(H,19,21). The summed E-state index contributed by atoms with van der Waals surface area (Å²) in [6.45, 7) is 3.14. The monoisotopic (exact) mass is 338 g/mol. The Morgan fingerprint density at radius 1 is 1.39 bits per heavy atom. The van der Waals surface area contributed by atoms with E-state index >= 15 is 0 Å². The first-order chi connectivity index (χ1) is 11.1. The second-order valence-electron chi connectivity index (χ2n) is 6.19. The predicted molar refractivity (Wildman–Crippen MR) is 90.5 cm³/mol. The minimum absolute atomic E-state index is 0.0924. The number of urea groups is 1. The number of hydrogen-bond acceptors (Lipinski definition) is 3. The molecule has 1 heterocycles. The van der Waals surface area contributed by atoms with Crippen LogP contribution in [0.1, 0.15) is 31.2 Å². The number of morpholine rings is 1. The van der Waals surface area contributed by atoms with E-state index in [1.54, 1.807) is 13.2 Å². The van der Waals surface area contributed by atoms with Crippen molar-refractivity contribution in [3.05, 3.63) is 22.7 Å². The van der Waals surface area contributed by atoms with E-state index in [1.165, 1.54) is 6.42 Å². The third kappa shape index (κ3) is 3.40. The van der Waals surface area contributed by atoms with Crippen molar-refractivity contribution in [2.75, 3.05) is 25.6 Å². The largest absolute Gasteiger partial charge is 0.495 e. The zero-order chi connectivity index (χ0) is 16.4.